The van der Waals surface area contributed by atoms with E-state index in [-0.39, 0.29) is 18.0 Å². The van der Waals surface area contributed by atoms with Gasteiger partial charge in [-0.2, -0.15) is 0 Å². The highest BCUT2D eigenvalue weighted by Gasteiger charge is 2.19. The van der Waals surface area contributed by atoms with E-state index in [1.165, 1.54) is 18.0 Å². The fourth-order valence-electron chi connectivity index (χ4n) is 3.89. The number of benzene rings is 2. The van der Waals surface area contributed by atoms with E-state index < -0.39 is 11.5 Å². The van der Waals surface area contributed by atoms with E-state index in [1.54, 1.807) is 6.07 Å². The maximum absolute atomic E-state index is 12.8. The van der Waals surface area contributed by atoms with Gasteiger partial charge in [0.1, 0.15) is 5.56 Å². The molecule has 2 amide bonds. The molecule has 4 rings (SSSR count). The average Bonchev–Trinajstić information content (AvgIpc) is 2.84. The molecule has 8 heteroatoms. The first kappa shape index (κ1) is 23.3. The zero-order valence-corrected chi connectivity index (χ0v) is 19.3. The van der Waals surface area contributed by atoms with Crippen LogP contribution in [0.25, 0.3) is 11.3 Å². The first-order valence-electron chi connectivity index (χ1n) is 11.2. The fourth-order valence-corrected chi connectivity index (χ4v) is 3.89. The van der Waals surface area contributed by atoms with E-state index in [0.29, 0.717) is 24.6 Å². The summed E-state index contributed by atoms with van der Waals surface area (Å²) in [6.07, 6.45) is 0. The van der Waals surface area contributed by atoms with Crippen LogP contribution >= 0.6 is 0 Å². The van der Waals surface area contributed by atoms with Crippen LogP contribution < -0.4 is 15.8 Å². The Bertz CT molecular complexity index is 1230. The van der Waals surface area contributed by atoms with Gasteiger partial charge < -0.3 is 24.8 Å². The normalized spacial score (nSPS) is 13.4. The molecule has 2 aromatic carbocycles. The van der Waals surface area contributed by atoms with Crippen molar-refractivity contribution in [3.8, 4) is 11.3 Å². The number of likely N-dealkylation sites (N-methyl/N-ethyl adjacent to an activating group) is 1. The number of anilines is 2. The summed E-state index contributed by atoms with van der Waals surface area (Å²) in [5.41, 5.74) is 3.77. The predicted molar refractivity (Wildman–Crippen MR) is 132 cm³/mol. The summed E-state index contributed by atoms with van der Waals surface area (Å²) in [6.45, 7) is 4.88. The van der Waals surface area contributed by atoms with Gasteiger partial charge in [-0.05, 0) is 55.0 Å². The Labute approximate surface area is 198 Å². The van der Waals surface area contributed by atoms with Crippen LogP contribution in [0.4, 0.5) is 11.4 Å². The van der Waals surface area contributed by atoms with Crippen molar-refractivity contribution in [2.24, 2.45) is 0 Å². The van der Waals surface area contributed by atoms with E-state index in [0.717, 1.165) is 29.9 Å². The number of nitrogens with zero attached hydrogens (tertiary/aromatic N) is 2. The number of carbonyl (C=O) groups excluding carboxylic acids is 2. The van der Waals surface area contributed by atoms with E-state index in [1.807, 2.05) is 55.5 Å². The molecule has 3 aromatic rings. The molecular formula is C26H28N4O4. The van der Waals surface area contributed by atoms with Crippen LogP contribution in [0.2, 0.25) is 0 Å². The quantitative estimate of drug-likeness (QED) is 0.590. The minimum absolute atomic E-state index is 0.0124. The number of carbonyl (C=O) groups is 2. The number of H-pyrrole nitrogens is 1. The molecule has 176 valence electrons. The third-order valence-electron chi connectivity index (χ3n) is 5.72. The molecule has 0 bridgehead atoms. The second-order valence-electron chi connectivity index (χ2n) is 8.34. The Kier molecular flexibility index (Phi) is 7.08. The highest BCUT2D eigenvalue weighted by atomic mass is 16.5. The van der Waals surface area contributed by atoms with Crippen LogP contribution in [0.3, 0.4) is 0 Å². The molecule has 1 aliphatic rings. The Morgan fingerprint density at radius 3 is 2.47 bits per heavy atom. The predicted octanol–water partition coefficient (Wildman–Crippen LogP) is 2.90. The van der Waals surface area contributed by atoms with Gasteiger partial charge in [-0.3, -0.25) is 14.4 Å². The lowest BCUT2D eigenvalue weighted by Gasteiger charge is -2.28. The summed E-state index contributed by atoms with van der Waals surface area (Å²) in [5, 5.41) is 2.80. The monoisotopic (exact) mass is 460 g/mol. The van der Waals surface area contributed by atoms with Crippen molar-refractivity contribution in [1.82, 2.24) is 9.88 Å². The van der Waals surface area contributed by atoms with Gasteiger partial charge in [-0.1, -0.05) is 23.8 Å². The molecule has 1 aromatic heterocycles. The second-order valence-corrected chi connectivity index (χ2v) is 8.34. The van der Waals surface area contributed by atoms with Gasteiger partial charge in [0.25, 0.3) is 11.5 Å². The minimum atomic E-state index is -0.519. The number of ether oxygens (including phenoxy) is 1. The van der Waals surface area contributed by atoms with Crippen LogP contribution in [-0.4, -0.2) is 61.6 Å². The second kappa shape index (κ2) is 10.4. The molecule has 1 fully saturated rings. The van der Waals surface area contributed by atoms with Gasteiger partial charge in [0.2, 0.25) is 5.91 Å². The van der Waals surface area contributed by atoms with Gasteiger partial charge in [-0.15, -0.1) is 0 Å². The number of morpholine rings is 1. The Hall–Kier alpha value is -3.91. The topological polar surface area (TPSA) is 94.7 Å². The molecule has 0 spiro atoms. The molecular weight excluding hydrogens is 432 g/mol. The highest BCUT2D eigenvalue weighted by molar-refractivity contribution is 5.99. The van der Waals surface area contributed by atoms with Crippen molar-refractivity contribution in [3.63, 3.8) is 0 Å². The van der Waals surface area contributed by atoms with Crippen LogP contribution in [0.15, 0.2) is 65.5 Å². The molecule has 0 atom stereocenters. The van der Waals surface area contributed by atoms with E-state index >= 15 is 0 Å². The number of pyridine rings is 1. The zero-order chi connectivity index (χ0) is 24.1. The lowest BCUT2D eigenvalue weighted by atomic mass is 10.1. The summed E-state index contributed by atoms with van der Waals surface area (Å²) >= 11 is 0. The minimum Gasteiger partial charge on any atom is -0.378 e. The van der Waals surface area contributed by atoms with Gasteiger partial charge in [-0.25, -0.2) is 0 Å². The number of nitrogens with one attached hydrogen (secondary N) is 2. The van der Waals surface area contributed by atoms with Gasteiger partial charge in [0.05, 0.1) is 19.8 Å². The van der Waals surface area contributed by atoms with Crippen LogP contribution in [-0.2, 0) is 9.53 Å². The van der Waals surface area contributed by atoms with Crippen molar-refractivity contribution in [1.29, 1.82) is 0 Å². The van der Waals surface area contributed by atoms with Crippen molar-refractivity contribution in [2.75, 3.05) is 50.1 Å². The number of hydrogen-bond acceptors (Lipinski definition) is 5. The molecule has 1 aliphatic heterocycles. The molecule has 2 heterocycles. The summed E-state index contributed by atoms with van der Waals surface area (Å²) in [7, 11) is 1.50. The molecule has 1 saturated heterocycles. The maximum atomic E-state index is 12.8. The lowest BCUT2D eigenvalue weighted by molar-refractivity contribution is -0.116. The van der Waals surface area contributed by atoms with Crippen molar-refractivity contribution < 1.29 is 14.3 Å². The Morgan fingerprint density at radius 1 is 1.06 bits per heavy atom. The van der Waals surface area contributed by atoms with Crippen LogP contribution in [0, 0.1) is 6.92 Å². The lowest BCUT2D eigenvalue weighted by Crippen LogP contribution is -2.37. The van der Waals surface area contributed by atoms with Gasteiger partial charge in [0.15, 0.2) is 0 Å². The molecule has 8 nitrogen and oxygen atoms in total. The SMILES string of the molecule is Cc1cccc(-c2ccc(C(=O)N(C)CC(=O)Nc3ccc(N4CCOCC4)cc3)c(=O)[nH]2)c1. The summed E-state index contributed by atoms with van der Waals surface area (Å²) in [6, 6.07) is 18.5. The number of amides is 2. The molecule has 34 heavy (non-hydrogen) atoms. The third kappa shape index (κ3) is 5.52. The van der Waals surface area contributed by atoms with E-state index in [9.17, 15) is 14.4 Å². The largest absolute Gasteiger partial charge is 0.378 e. The number of aryl methyl sites for hydroxylation is 1. The molecule has 0 radical (unpaired) electrons. The van der Waals surface area contributed by atoms with Crippen molar-refractivity contribution in [3.05, 3.63) is 82.1 Å². The third-order valence-corrected chi connectivity index (χ3v) is 5.72. The Morgan fingerprint density at radius 2 is 1.79 bits per heavy atom. The number of aromatic amines is 1. The Balaban J connectivity index is 1.36. The molecule has 2 N–H and O–H groups in total. The maximum Gasteiger partial charge on any atom is 0.261 e. The molecule has 0 unspecified atom stereocenters. The van der Waals surface area contributed by atoms with E-state index in [2.05, 4.69) is 15.2 Å². The number of hydrogen-bond donors (Lipinski definition) is 2. The zero-order valence-electron chi connectivity index (χ0n) is 19.3. The fraction of sp³-hybridized carbons (Fsp3) is 0.269. The average molecular weight is 461 g/mol. The summed E-state index contributed by atoms with van der Waals surface area (Å²) < 4.78 is 5.37. The standard InChI is InChI=1S/C26H28N4O4/c1-18-4-3-5-19(16-18)23-11-10-22(25(32)28-23)26(33)29(2)17-24(31)27-20-6-8-21(9-7-20)30-12-14-34-15-13-30/h3-11,16H,12-15,17H2,1-2H3,(H,27,31)(H,28,32). The number of rotatable bonds is 6. The van der Waals surface area contributed by atoms with Crippen LogP contribution in [0.5, 0.6) is 0 Å². The molecule has 0 saturated carbocycles. The first-order valence-corrected chi connectivity index (χ1v) is 11.2. The highest BCUT2D eigenvalue weighted by Crippen LogP contribution is 2.19. The van der Waals surface area contributed by atoms with Crippen molar-refractivity contribution in [2.45, 2.75) is 6.92 Å². The summed E-state index contributed by atoms with van der Waals surface area (Å²) in [5.74, 6) is -0.863. The van der Waals surface area contributed by atoms with Gasteiger partial charge in [0, 0.05) is 37.2 Å². The van der Waals surface area contributed by atoms with Crippen molar-refractivity contribution >= 4 is 23.2 Å². The first-order chi connectivity index (χ1) is 16.4. The van der Waals surface area contributed by atoms with Gasteiger partial charge >= 0.3 is 0 Å². The molecule has 0 aliphatic carbocycles. The van der Waals surface area contributed by atoms with Crippen LogP contribution in [0.1, 0.15) is 15.9 Å². The number of aromatic nitrogens is 1. The summed E-state index contributed by atoms with van der Waals surface area (Å²) in [4.78, 5) is 44.1. The smallest absolute Gasteiger partial charge is 0.261 e. The van der Waals surface area contributed by atoms with E-state index in [4.69, 9.17) is 4.74 Å².